The largest absolute Gasteiger partial charge is 0.444 e. The van der Waals surface area contributed by atoms with Gasteiger partial charge in [0.1, 0.15) is 11.3 Å². The van der Waals surface area contributed by atoms with Gasteiger partial charge in [-0.05, 0) is 36.7 Å². The van der Waals surface area contributed by atoms with Gasteiger partial charge in [-0.25, -0.2) is 9.78 Å². The molecule has 10 nitrogen and oxygen atoms in total. The van der Waals surface area contributed by atoms with E-state index in [-0.39, 0.29) is 30.5 Å². The molecular formula is C16H23BrN6O4. The van der Waals surface area contributed by atoms with E-state index in [2.05, 4.69) is 31.0 Å². The van der Waals surface area contributed by atoms with Crippen molar-refractivity contribution in [1.82, 2.24) is 24.5 Å². The maximum atomic E-state index is 12.9. The molecule has 1 aliphatic rings. The van der Waals surface area contributed by atoms with Crippen LogP contribution in [-0.4, -0.2) is 74.1 Å². The first-order valence-corrected chi connectivity index (χ1v) is 9.50. The summed E-state index contributed by atoms with van der Waals surface area (Å²) in [6, 6.07) is 0. The van der Waals surface area contributed by atoms with Crippen LogP contribution in [0, 0.1) is 0 Å². The molecule has 2 aromatic heterocycles. The number of carbonyl (C=O) groups excluding carboxylic acids is 1. The summed E-state index contributed by atoms with van der Waals surface area (Å²) in [6.07, 6.45) is -0.113. The van der Waals surface area contributed by atoms with Crippen molar-refractivity contribution in [3.05, 3.63) is 20.8 Å². The van der Waals surface area contributed by atoms with Crippen LogP contribution >= 0.6 is 15.9 Å². The molecule has 2 N–H and O–H groups in total. The zero-order valence-corrected chi connectivity index (χ0v) is 17.1. The summed E-state index contributed by atoms with van der Waals surface area (Å²) >= 11 is 3.20. The second-order valence-corrected chi connectivity index (χ2v) is 8.04. The van der Waals surface area contributed by atoms with Crippen molar-refractivity contribution in [3.8, 4) is 0 Å². The fourth-order valence-corrected chi connectivity index (χ4v) is 3.30. The maximum absolute atomic E-state index is 12.9. The molecule has 27 heavy (non-hydrogen) atoms. The molecule has 2 aromatic rings. The zero-order chi connectivity index (χ0) is 19.8. The molecule has 0 unspecified atom stereocenters. The smallest absolute Gasteiger partial charge is 0.410 e. The quantitative estimate of drug-likeness (QED) is 0.720. The lowest BCUT2D eigenvalue weighted by molar-refractivity contribution is 0.0240. The SMILES string of the molecule is CC(C)(C)OC(=O)N1CCN(c2c(CCO)nc3nc(Br)[nH]n3c2=O)CC1. The van der Waals surface area contributed by atoms with Gasteiger partial charge in [-0.1, -0.05) is 0 Å². The van der Waals surface area contributed by atoms with Crippen molar-refractivity contribution in [2.24, 2.45) is 0 Å². The lowest BCUT2D eigenvalue weighted by atomic mass is 10.2. The van der Waals surface area contributed by atoms with Crippen LogP contribution in [0.15, 0.2) is 9.53 Å². The third-order valence-corrected chi connectivity index (χ3v) is 4.47. The standard InChI is InChI=1S/C16H23BrN6O4/c1-16(2,3)27-15(26)22-7-5-21(6-8-22)11-10(4-9-24)18-14-19-13(17)20-23(14)12(11)25/h24H,4-9H2,1-3H3,(H,18,19,20). The fourth-order valence-electron chi connectivity index (χ4n) is 2.96. The zero-order valence-electron chi connectivity index (χ0n) is 15.5. The van der Waals surface area contributed by atoms with Gasteiger partial charge in [0.25, 0.3) is 11.3 Å². The number of H-pyrrole nitrogens is 1. The number of hydrogen-bond donors (Lipinski definition) is 2. The Kier molecular flexibility index (Phi) is 5.43. The van der Waals surface area contributed by atoms with Crippen LogP contribution in [0.3, 0.4) is 0 Å². The average Bonchev–Trinajstić information content (AvgIpc) is 2.95. The van der Waals surface area contributed by atoms with Crippen molar-refractivity contribution in [2.45, 2.75) is 32.8 Å². The number of nitrogens with zero attached hydrogens (tertiary/aromatic N) is 5. The Morgan fingerprint density at radius 2 is 1.93 bits per heavy atom. The van der Waals surface area contributed by atoms with E-state index in [0.717, 1.165) is 0 Å². The monoisotopic (exact) mass is 442 g/mol. The Morgan fingerprint density at radius 3 is 2.52 bits per heavy atom. The van der Waals surface area contributed by atoms with E-state index in [0.29, 0.717) is 42.3 Å². The van der Waals surface area contributed by atoms with Crippen LogP contribution in [0.2, 0.25) is 0 Å². The van der Waals surface area contributed by atoms with E-state index in [9.17, 15) is 14.7 Å². The van der Waals surface area contributed by atoms with Crippen LogP contribution in [0.4, 0.5) is 10.5 Å². The van der Waals surface area contributed by atoms with Gasteiger partial charge >= 0.3 is 6.09 Å². The highest BCUT2D eigenvalue weighted by Crippen LogP contribution is 2.19. The molecule has 148 valence electrons. The van der Waals surface area contributed by atoms with Gasteiger partial charge in [-0.15, -0.1) is 0 Å². The van der Waals surface area contributed by atoms with Crippen molar-refractivity contribution in [1.29, 1.82) is 0 Å². The predicted octanol–water partition coefficient (Wildman–Crippen LogP) is 0.772. The number of aliphatic hydroxyl groups is 1. The Bertz CT molecular complexity index is 895. The minimum atomic E-state index is -0.551. The molecule has 0 bridgehead atoms. The molecule has 0 atom stereocenters. The molecule has 0 aliphatic carbocycles. The Hall–Kier alpha value is -2.14. The molecule has 3 rings (SSSR count). The number of ether oxygens (including phenoxy) is 1. The summed E-state index contributed by atoms with van der Waals surface area (Å²) in [5.41, 5.74) is 0.0748. The molecular weight excluding hydrogens is 420 g/mol. The second kappa shape index (κ2) is 7.47. The van der Waals surface area contributed by atoms with Crippen molar-refractivity contribution < 1.29 is 14.6 Å². The Labute approximate surface area is 164 Å². The van der Waals surface area contributed by atoms with E-state index >= 15 is 0 Å². The molecule has 11 heteroatoms. The average molecular weight is 443 g/mol. The number of hydrogen-bond acceptors (Lipinski definition) is 7. The predicted molar refractivity (Wildman–Crippen MR) is 102 cm³/mol. The highest BCUT2D eigenvalue weighted by atomic mass is 79.9. The van der Waals surface area contributed by atoms with Crippen LogP contribution in [-0.2, 0) is 11.2 Å². The molecule has 3 heterocycles. The number of fused-ring (bicyclic) bond motifs is 1. The lowest BCUT2D eigenvalue weighted by Crippen LogP contribution is -2.51. The summed E-state index contributed by atoms with van der Waals surface area (Å²) in [4.78, 5) is 37.2. The van der Waals surface area contributed by atoms with Crippen LogP contribution in [0.25, 0.3) is 5.78 Å². The number of rotatable bonds is 3. The molecule has 0 saturated carbocycles. The Morgan fingerprint density at radius 1 is 1.26 bits per heavy atom. The Balaban J connectivity index is 1.84. The minimum absolute atomic E-state index is 0.126. The summed E-state index contributed by atoms with van der Waals surface area (Å²) in [6.45, 7) is 7.15. The van der Waals surface area contributed by atoms with E-state index in [1.165, 1.54) is 4.52 Å². The van der Waals surface area contributed by atoms with Gasteiger partial charge < -0.3 is 19.6 Å². The second-order valence-electron chi connectivity index (χ2n) is 7.29. The maximum Gasteiger partial charge on any atom is 0.410 e. The van der Waals surface area contributed by atoms with Gasteiger partial charge in [0, 0.05) is 39.2 Å². The van der Waals surface area contributed by atoms with E-state index < -0.39 is 5.60 Å². The third-order valence-electron chi connectivity index (χ3n) is 4.11. The molecule has 0 radical (unpaired) electrons. The van der Waals surface area contributed by atoms with Gasteiger partial charge in [-0.2, -0.15) is 9.50 Å². The number of anilines is 1. The minimum Gasteiger partial charge on any atom is -0.444 e. The van der Waals surface area contributed by atoms with E-state index in [1.807, 2.05) is 25.7 Å². The van der Waals surface area contributed by atoms with Gasteiger partial charge in [0.2, 0.25) is 0 Å². The van der Waals surface area contributed by atoms with Gasteiger partial charge in [0.15, 0.2) is 4.73 Å². The van der Waals surface area contributed by atoms with E-state index in [1.54, 1.807) is 4.90 Å². The summed E-state index contributed by atoms with van der Waals surface area (Å²) in [5, 5.41) is 12.2. The van der Waals surface area contributed by atoms with Crippen molar-refractivity contribution in [3.63, 3.8) is 0 Å². The number of aromatic nitrogens is 4. The first kappa shape index (κ1) is 19.6. The molecule has 1 saturated heterocycles. The first-order chi connectivity index (χ1) is 12.7. The highest BCUT2D eigenvalue weighted by molar-refractivity contribution is 9.10. The normalized spacial score (nSPS) is 15.4. The van der Waals surface area contributed by atoms with Crippen molar-refractivity contribution >= 4 is 33.5 Å². The summed E-state index contributed by atoms with van der Waals surface area (Å²) in [7, 11) is 0. The number of aromatic amines is 1. The number of piperazine rings is 1. The van der Waals surface area contributed by atoms with E-state index in [4.69, 9.17) is 4.74 Å². The molecule has 0 spiro atoms. The summed E-state index contributed by atoms with van der Waals surface area (Å²) < 4.78 is 7.06. The van der Waals surface area contributed by atoms with Crippen molar-refractivity contribution in [2.75, 3.05) is 37.7 Å². The summed E-state index contributed by atoms with van der Waals surface area (Å²) in [5.74, 6) is 0.242. The number of amides is 1. The number of nitrogens with one attached hydrogen (secondary N) is 1. The van der Waals surface area contributed by atoms with Crippen LogP contribution in [0.1, 0.15) is 26.5 Å². The van der Waals surface area contributed by atoms with Gasteiger partial charge in [-0.3, -0.25) is 9.89 Å². The molecule has 1 amide bonds. The topological polar surface area (TPSA) is 116 Å². The third kappa shape index (κ3) is 4.24. The number of carbonyl (C=O) groups is 1. The lowest BCUT2D eigenvalue weighted by Gasteiger charge is -2.36. The van der Waals surface area contributed by atoms with Crippen LogP contribution < -0.4 is 10.5 Å². The van der Waals surface area contributed by atoms with Crippen LogP contribution in [0.5, 0.6) is 0 Å². The fraction of sp³-hybridized carbons (Fsp3) is 0.625. The first-order valence-electron chi connectivity index (χ1n) is 8.70. The molecule has 0 aromatic carbocycles. The molecule has 1 fully saturated rings. The number of aliphatic hydroxyl groups excluding tert-OH is 1. The highest BCUT2D eigenvalue weighted by Gasteiger charge is 2.28. The molecule has 1 aliphatic heterocycles. The number of halogens is 1. The van der Waals surface area contributed by atoms with Gasteiger partial charge in [0.05, 0.1) is 5.69 Å².